The highest BCUT2D eigenvalue weighted by Crippen LogP contribution is 2.27. The van der Waals surface area contributed by atoms with Gasteiger partial charge in [0, 0.05) is 12.8 Å². The number of nitrogens with one attached hydrogen (secondary N) is 1. The van der Waals surface area contributed by atoms with Gasteiger partial charge < -0.3 is 9.80 Å². The maximum absolute atomic E-state index is 11.2. The second-order valence-electron chi connectivity index (χ2n) is 4.28. The highest BCUT2D eigenvalue weighted by molar-refractivity contribution is 5.76. The average Bonchev–Trinajstić information content (AvgIpc) is 2.27. The van der Waals surface area contributed by atoms with Gasteiger partial charge in [-0.3, -0.25) is 4.79 Å². The lowest BCUT2D eigenvalue weighted by Gasteiger charge is -2.33. The molecule has 0 aromatic heterocycles. The first-order valence-electron chi connectivity index (χ1n) is 4.82. The van der Waals surface area contributed by atoms with E-state index >= 15 is 0 Å². The number of fused-ring (bicyclic) bond motifs is 1. The minimum absolute atomic E-state index is 0.253. The summed E-state index contributed by atoms with van der Waals surface area (Å²) in [6.07, 6.45) is 3.29. The summed E-state index contributed by atoms with van der Waals surface area (Å²) in [6.45, 7) is 3.25. The van der Waals surface area contributed by atoms with E-state index in [9.17, 15) is 4.79 Å². The highest BCUT2D eigenvalue weighted by Gasteiger charge is 2.40. The molecule has 0 spiro atoms. The van der Waals surface area contributed by atoms with Gasteiger partial charge in [-0.1, -0.05) is 0 Å². The lowest BCUT2D eigenvalue weighted by molar-refractivity contribution is -0.918. The van der Waals surface area contributed by atoms with Crippen molar-refractivity contribution in [3.63, 3.8) is 0 Å². The molecule has 0 aromatic carbocycles. The number of rotatable bonds is 0. The fraction of sp³-hybridized carbons (Fsp3) is 0.889. The number of carbonyl (C=O) groups is 1. The predicted octanol–water partition coefficient (Wildman–Crippen LogP) is 0.115. The van der Waals surface area contributed by atoms with E-state index < -0.39 is 0 Å². The average molecular weight is 169 g/mol. The van der Waals surface area contributed by atoms with Crippen LogP contribution in [0, 0.1) is 0 Å². The van der Waals surface area contributed by atoms with Crippen LogP contribution in [0.2, 0.25) is 0 Å². The van der Waals surface area contributed by atoms with Gasteiger partial charge in [0.1, 0.15) is 0 Å². The molecule has 2 atom stereocenters. The molecule has 3 heteroatoms. The number of hydrogen-bond acceptors (Lipinski definition) is 1. The summed E-state index contributed by atoms with van der Waals surface area (Å²) in [5, 5.41) is 2.94. The monoisotopic (exact) mass is 169 g/mol. The molecule has 0 aromatic rings. The van der Waals surface area contributed by atoms with Gasteiger partial charge in [0.25, 0.3) is 0 Å². The van der Waals surface area contributed by atoms with Crippen molar-refractivity contribution < 1.29 is 9.28 Å². The number of likely N-dealkylation sites (N-methyl/N-ethyl adjacent to an activating group) is 1. The molecule has 68 valence electrons. The molecule has 2 rings (SSSR count). The quantitative estimate of drug-likeness (QED) is 0.513. The maximum Gasteiger partial charge on any atom is 0.226 e. The predicted molar refractivity (Wildman–Crippen MR) is 46.6 cm³/mol. The third-order valence-corrected chi connectivity index (χ3v) is 3.45. The standard InChI is InChI=1S/C9H16N2O/c1-11-5-2-3-8(11)7-9(12)10-4-6-11/h8H,2-7H2,1H3/p+1/t8-,11+/m0/s1. The molecule has 3 nitrogen and oxygen atoms in total. The summed E-state index contributed by atoms with van der Waals surface area (Å²) in [5.41, 5.74) is 0. The van der Waals surface area contributed by atoms with Gasteiger partial charge in [-0.2, -0.15) is 0 Å². The Labute approximate surface area is 73.3 Å². The fourth-order valence-electron chi connectivity index (χ4n) is 2.54. The number of hydrogen-bond donors (Lipinski definition) is 1. The van der Waals surface area contributed by atoms with Crippen LogP contribution in [0.5, 0.6) is 0 Å². The van der Waals surface area contributed by atoms with Gasteiger partial charge in [-0.15, -0.1) is 0 Å². The molecule has 2 aliphatic rings. The zero-order valence-electron chi connectivity index (χ0n) is 7.68. The van der Waals surface area contributed by atoms with Crippen LogP contribution >= 0.6 is 0 Å². The van der Waals surface area contributed by atoms with Crippen LogP contribution in [0.3, 0.4) is 0 Å². The Bertz CT molecular complexity index is 205. The van der Waals surface area contributed by atoms with E-state index in [1.807, 2.05) is 0 Å². The van der Waals surface area contributed by atoms with E-state index in [1.54, 1.807) is 0 Å². The lowest BCUT2D eigenvalue weighted by atomic mass is 10.1. The summed E-state index contributed by atoms with van der Waals surface area (Å²) >= 11 is 0. The second kappa shape index (κ2) is 2.73. The third kappa shape index (κ3) is 1.22. The number of amides is 1. The smallest absolute Gasteiger partial charge is 0.226 e. The Morgan fingerprint density at radius 2 is 2.33 bits per heavy atom. The molecule has 2 heterocycles. The van der Waals surface area contributed by atoms with E-state index in [1.165, 1.54) is 19.4 Å². The minimum Gasteiger partial charge on any atom is -0.350 e. The zero-order valence-corrected chi connectivity index (χ0v) is 7.68. The Balaban J connectivity index is 2.15. The molecule has 2 fully saturated rings. The van der Waals surface area contributed by atoms with Crippen molar-refractivity contribution in [2.24, 2.45) is 0 Å². The molecule has 0 bridgehead atoms. The zero-order chi connectivity index (χ0) is 8.60. The van der Waals surface area contributed by atoms with Gasteiger partial charge in [-0.25, -0.2) is 0 Å². The SMILES string of the molecule is C[N@+]12CCC[C@H]1CC(=O)NCC2. The van der Waals surface area contributed by atoms with Crippen LogP contribution in [0.25, 0.3) is 0 Å². The third-order valence-electron chi connectivity index (χ3n) is 3.45. The van der Waals surface area contributed by atoms with Crippen molar-refractivity contribution >= 4 is 5.91 Å². The van der Waals surface area contributed by atoms with Crippen molar-refractivity contribution in [2.45, 2.75) is 25.3 Å². The Hall–Kier alpha value is -0.570. The summed E-state index contributed by atoms with van der Waals surface area (Å²) < 4.78 is 1.12. The molecule has 0 radical (unpaired) electrons. The number of carbonyl (C=O) groups excluding carboxylic acids is 1. The fourth-order valence-corrected chi connectivity index (χ4v) is 2.54. The Kier molecular flexibility index (Phi) is 1.83. The summed E-state index contributed by atoms with van der Waals surface area (Å²) in [7, 11) is 2.29. The summed E-state index contributed by atoms with van der Waals surface area (Å²) in [4.78, 5) is 11.2. The van der Waals surface area contributed by atoms with Crippen molar-refractivity contribution in [1.82, 2.24) is 5.32 Å². The normalized spacial score (nSPS) is 41.8. The molecule has 2 saturated heterocycles. The summed E-state index contributed by atoms with van der Waals surface area (Å²) in [5.74, 6) is 0.253. The largest absolute Gasteiger partial charge is 0.350 e. The van der Waals surface area contributed by atoms with Crippen molar-refractivity contribution in [2.75, 3.05) is 26.7 Å². The molecular weight excluding hydrogens is 152 g/mol. The van der Waals surface area contributed by atoms with Crippen LogP contribution in [-0.4, -0.2) is 43.1 Å². The number of quaternary nitrogens is 1. The van der Waals surface area contributed by atoms with Crippen molar-refractivity contribution in [3.05, 3.63) is 0 Å². The lowest BCUT2D eigenvalue weighted by Crippen LogP contribution is -2.48. The van der Waals surface area contributed by atoms with Gasteiger partial charge in [-0.05, 0) is 0 Å². The molecule has 1 amide bonds. The van der Waals surface area contributed by atoms with Gasteiger partial charge >= 0.3 is 0 Å². The van der Waals surface area contributed by atoms with E-state index in [4.69, 9.17) is 0 Å². The van der Waals surface area contributed by atoms with Gasteiger partial charge in [0.15, 0.2) is 0 Å². The highest BCUT2D eigenvalue weighted by atomic mass is 16.1. The Morgan fingerprint density at radius 3 is 3.17 bits per heavy atom. The molecule has 0 saturated carbocycles. The molecule has 12 heavy (non-hydrogen) atoms. The first-order chi connectivity index (χ1) is 5.71. The van der Waals surface area contributed by atoms with Crippen LogP contribution in [-0.2, 0) is 4.79 Å². The molecule has 1 N–H and O–H groups in total. The summed E-state index contributed by atoms with van der Waals surface area (Å²) in [6, 6.07) is 0.604. The van der Waals surface area contributed by atoms with E-state index in [0.717, 1.165) is 24.0 Å². The molecule has 2 aliphatic heterocycles. The molecule has 0 aliphatic carbocycles. The second-order valence-corrected chi connectivity index (χ2v) is 4.28. The van der Waals surface area contributed by atoms with E-state index in [-0.39, 0.29) is 5.91 Å². The maximum atomic E-state index is 11.2. The topological polar surface area (TPSA) is 29.1 Å². The molecular formula is C9H17N2O+. The van der Waals surface area contributed by atoms with Crippen molar-refractivity contribution in [3.8, 4) is 0 Å². The Morgan fingerprint density at radius 1 is 1.50 bits per heavy atom. The van der Waals surface area contributed by atoms with Crippen LogP contribution in [0.1, 0.15) is 19.3 Å². The first-order valence-corrected chi connectivity index (χ1v) is 4.82. The first kappa shape index (κ1) is 8.05. The number of nitrogens with zero attached hydrogens (tertiary/aromatic N) is 1. The van der Waals surface area contributed by atoms with Crippen LogP contribution in [0.4, 0.5) is 0 Å². The van der Waals surface area contributed by atoms with Crippen LogP contribution < -0.4 is 5.32 Å². The molecule has 0 unspecified atom stereocenters. The van der Waals surface area contributed by atoms with E-state index in [0.29, 0.717) is 6.04 Å². The van der Waals surface area contributed by atoms with Crippen molar-refractivity contribution in [1.29, 1.82) is 0 Å². The van der Waals surface area contributed by atoms with Crippen LogP contribution in [0.15, 0.2) is 0 Å². The van der Waals surface area contributed by atoms with E-state index in [2.05, 4.69) is 12.4 Å². The van der Waals surface area contributed by atoms with Gasteiger partial charge in [0.2, 0.25) is 5.91 Å². The minimum atomic E-state index is 0.253. The van der Waals surface area contributed by atoms with Gasteiger partial charge in [0.05, 0.1) is 39.1 Å².